The first-order valence-corrected chi connectivity index (χ1v) is 6.00. The summed E-state index contributed by atoms with van der Waals surface area (Å²) in [7, 11) is 0. The molecule has 0 radical (unpaired) electrons. The number of hydrogen-bond acceptors (Lipinski definition) is 2. The van der Waals surface area contributed by atoms with Crippen LogP contribution in [0.4, 0.5) is 5.69 Å². The van der Waals surface area contributed by atoms with E-state index in [4.69, 9.17) is 5.73 Å². The van der Waals surface area contributed by atoms with Crippen LogP contribution in [0.3, 0.4) is 0 Å². The molecular weight excluding hydrogens is 228 g/mol. The average molecular weight is 248 g/mol. The van der Waals surface area contributed by atoms with Crippen LogP contribution in [-0.2, 0) is 21.4 Å². The molecule has 2 amide bonds. The fraction of sp³-hybridized carbons (Fsp3) is 0.429. The zero-order chi connectivity index (χ0) is 13.9. The Labute approximate surface area is 108 Å². The lowest BCUT2D eigenvalue weighted by Crippen LogP contribution is -2.30. The van der Waals surface area contributed by atoms with Crippen molar-refractivity contribution in [3.63, 3.8) is 0 Å². The highest BCUT2D eigenvalue weighted by Crippen LogP contribution is 2.27. The van der Waals surface area contributed by atoms with Gasteiger partial charge in [0.25, 0.3) is 0 Å². The topological polar surface area (TPSA) is 72.2 Å². The molecule has 0 spiro atoms. The highest BCUT2D eigenvalue weighted by atomic mass is 16.2. The lowest BCUT2D eigenvalue weighted by atomic mass is 9.85. The van der Waals surface area contributed by atoms with E-state index in [-0.39, 0.29) is 5.41 Å². The minimum absolute atomic E-state index is 0.0517. The molecule has 0 fully saturated rings. The van der Waals surface area contributed by atoms with Gasteiger partial charge in [-0.3, -0.25) is 9.59 Å². The van der Waals surface area contributed by atoms with E-state index in [2.05, 4.69) is 32.2 Å². The molecule has 3 N–H and O–H groups in total. The number of nitrogens with one attached hydrogen (secondary N) is 1. The molecule has 0 aromatic heterocycles. The van der Waals surface area contributed by atoms with Gasteiger partial charge in [0.15, 0.2) is 0 Å². The van der Waals surface area contributed by atoms with Gasteiger partial charge in [-0.1, -0.05) is 39.8 Å². The van der Waals surface area contributed by atoms with Gasteiger partial charge in [0.2, 0.25) is 0 Å². The van der Waals surface area contributed by atoms with Crippen molar-refractivity contribution in [1.82, 2.24) is 0 Å². The third-order valence-electron chi connectivity index (χ3n) is 2.82. The summed E-state index contributed by atoms with van der Waals surface area (Å²) >= 11 is 0. The molecule has 4 nitrogen and oxygen atoms in total. The van der Waals surface area contributed by atoms with Gasteiger partial charge >= 0.3 is 11.8 Å². The molecule has 1 aromatic rings. The molecule has 0 aliphatic carbocycles. The molecule has 18 heavy (non-hydrogen) atoms. The van der Waals surface area contributed by atoms with Crippen molar-refractivity contribution in [2.75, 3.05) is 5.32 Å². The maximum Gasteiger partial charge on any atom is 0.313 e. The molecule has 0 aliphatic heterocycles. The number of carbonyl (C=O) groups is 2. The molecule has 4 heteroatoms. The largest absolute Gasteiger partial charge is 0.361 e. The normalized spacial score (nSPS) is 11.1. The highest BCUT2D eigenvalue weighted by molar-refractivity contribution is 6.39. The van der Waals surface area contributed by atoms with E-state index in [0.717, 1.165) is 12.0 Å². The molecule has 0 bridgehead atoms. The van der Waals surface area contributed by atoms with Gasteiger partial charge in [0.1, 0.15) is 0 Å². The van der Waals surface area contributed by atoms with E-state index >= 15 is 0 Å². The van der Waals surface area contributed by atoms with E-state index in [1.807, 2.05) is 19.1 Å². The van der Waals surface area contributed by atoms with Gasteiger partial charge in [-0.05, 0) is 29.0 Å². The van der Waals surface area contributed by atoms with Crippen molar-refractivity contribution < 1.29 is 9.59 Å². The Bertz CT molecular complexity index is 473. The molecule has 1 rings (SSSR count). The van der Waals surface area contributed by atoms with Gasteiger partial charge in [-0.2, -0.15) is 0 Å². The molecule has 0 unspecified atom stereocenters. The van der Waals surface area contributed by atoms with Crippen molar-refractivity contribution in [2.45, 2.75) is 39.5 Å². The fourth-order valence-electron chi connectivity index (χ4n) is 1.66. The third-order valence-corrected chi connectivity index (χ3v) is 2.82. The summed E-state index contributed by atoms with van der Waals surface area (Å²) in [5.74, 6) is -1.76. The van der Waals surface area contributed by atoms with E-state index < -0.39 is 11.8 Å². The first-order chi connectivity index (χ1) is 8.25. The molecular formula is C14H20N2O2. The van der Waals surface area contributed by atoms with E-state index in [9.17, 15) is 9.59 Å². The van der Waals surface area contributed by atoms with Crippen LogP contribution in [0, 0.1) is 0 Å². The summed E-state index contributed by atoms with van der Waals surface area (Å²) in [6, 6.07) is 5.83. The van der Waals surface area contributed by atoms with Gasteiger partial charge < -0.3 is 11.1 Å². The van der Waals surface area contributed by atoms with Crippen LogP contribution in [0.15, 0.2) is 18.2 Å². The molecule has 0 atom stereocenters. The van der Waals surface area contributed by atoms with Crippen molar-refractivity contribution in [2.24, 2.45) is 5.73 Å². The first-order valence-electron chi connectivity index (χ1n) is 6.00. The minimum atomic E-state index is -0.975. The predicted octanol–water partition coefficient (Wildman–Crippen LogP) is 1.97. The summed E-state index contributed by atoms with van der Waals surface area (Å²) < 4.78 is 0. The Morgan fingerprint density at radius 3 is 2.33 bits per heavy atom. The molecule has 0 aliphatic rings. The smallest absolute Gasteiger partial charge is 0.313 e. The van der Waals surface area contributed by atoms with Crippen LogP contribution in [0.25, 0.3) is 0 Å². The average Bonchev–Trinajstić information content (AvgIpc) is 2.27. The number of aryl methyl sites for hydroxylation is 1. The molecule has 0 heterocycles. The lowest BCUT2D eigenvalue weighted by Gasteiger charge is -2.21. The minimum Gasteiger partial charge on any atom is -0.361 e. The second-order valence-electron chi connectivity index (χ2n) is 5.29. The number of rotatable bonds is 2. The van der Waals surface area contributed by atoms with Crippen LogP contribution in [-0.4, -0.2) is 11.8 Å². The molecule has 0 saturated carbocycles. The zero-order valence-corrected chi connectivity index (χ0v) is 11.3. The number of nitrogens with two attached hydrogens (primary N) is 1. The number of amides is 2. The number of benzene rings is 1. The van der Waals surface area contributed by atoms with Crippen molar-refractivity contribution in [3.05, 3.63) is 29.3 Å². The van der Waals surface area contributed by atoms with Crippen LogP contribution >= 0.6 is 0 Å². The molecule has 1 aromatic carbocycles. The van der Waals surface area contributed by atoms with Crippen molar-refractivity contribution in [1.29, 1.82) is 0 Å². The second-order valence-corrected chi connectivity index (χ2v) is 5.29. The van der Waals surface area contributed by atoms with Gasteiger partial charge in [-0.25, -0.2) is 0 Å². The maximum atomic E-state index is 11.3. The van der Waals surface area contributed by atoms with Crippen molar-refractivity contribution >= 4 is 17.5 Å². The summed E-state index contributed by atoms with van der Waals surface area (Å²) in [6.45, 7) is 8.39. The Morgan fingerprint density at radius 1 is 1.28 bits per heavy atom. The van der Waals surface area contributed by atoms with Gasteiger partial charge in [0.05, 0.1) is 0 Å². The fourth-order valence-corrected chi connectivity index (χ4v) is 1.66. The lowest BCUT2D eigenvalue weighted by molar-refractivity contribution is -0.134. The Kier molecular flexibility index (Phi) is 4.11. The van der Waals surface area contributed by atoms with Gasteiger partial charge in [0, 0.05) is 5.69 Å². The van der Waals surface area contributed by atoms with Gasteiger partial charge in [-0.15, -0.1) is 0 Å². The van der Waals surface area contributed by atoms with E-state index in [1.54, 1.807) is 0 Å². The summed E-state index contributed by atoms with van der Waals surface area (Å²) in [5, 5.41) is 2.53. The third kappa shape index (κ3) is 3.32. The van der Waals surface area contributed by atoms with Crippen LogP contribution in [0.2, 0.25) is 0 Å². The predicted molar refractivity (Wildman–Crippen MR) is 72.3 cm³/mol. The number of hydrogen-bond donors (Lipinski definition) is 2. The number of primary amides is 1. The van der Waals surface area contributed by atoms with Crippen molar-refractivity contribution in [3.8, 4) is 0 Å². The van der Waals surface area contributed by atoms with E-state index in [1.165, 1.54) is 5.56 Å². The van der Waals surface area contributed by atoms with E-state index in [0.29, 0.717) is 5.69 Å². The first kappa shape index (κ1) is 14.2. The Hall–Kier alpha value is -1.84. The van der Waals surface area contributed by atoms with Crippen LogP contribution in [0.5, 0.6) is 0 Å². The Balaban J connectivity index is 3.08. The molecule has 0 saturated heterocycles. The van der Waals surface area contributed by atoms with Crippen LogP contribution in [0.1, 0.15) is 38.8 Å². The summed E-state index contributed by atoms with van der Waals surface area (Å²) in [5.41, 5.74) is 7.81. The second kappa shape index (κ2) is 5.21. The van der Waals surface area contributed by atoms with Crippen LogP contribution < -0.4 is 11.1 Å². The summed E-state index contributed by atoms with van der Waals surface area (Å²) in [4.78, 5) is 22.0. The highest BCUT2D eigenvalue weighted by Gasteiger charge is 2.16. The SMILES string of the molecule is CCc1cc(C(C)(C)C)ccc1NC(=O)C(N)=O. The monoisotopic (exact) mass is 248 g/mol. The maximum absolute atomic E-state index is 11.3. The quantitative estimate of drug-likeness (QED) is 0.785. The Morgan fingerprint density at radius 2 is 1.89 bits per heavy atom. The number of carbonyl (C=O) groups excluding carboxylic acids is 2. The summed E-state index contributed by atoms with van der Waals surface area (Å²) in [6.07, 6.45) is 0.776. The zero-order valence-electron chi connectivity index (χ0n) is 11.3. The number of anilines is 1. The standard InChI is InChI=1S/C14H20N2O2/c1-5-9-8-10(14(2,3)4)6-7-11(9)16-13(18)12(15)17/h6-8H,5H2,1-4H3,(H2,15,17)(H,16,18). The molecule has 98 valence electrons.